The average Bonchev–Trinajstić information content (AvgIpc) is 2.28. The zero-order valence-electron chi connectivity index (χ0n) is 8.27. The summed E-state index contributed by atoms with van der Waals surface area (Å²) in [5, 5.41) is 10.9. The lowest BCUT2D eigenvalue weighted by Crippen LogP contribution is -2.24. The maximum atomic E-state index is 11.1. The lowest BCUT2D eigenvalue weighted by Gasteiger charge is -2.04. The quantitative estimate of drug-likeness (QED) is 0.438. The summed E-state index contributed by atoms with van der Waals surface area (Å²) in [4.78, 5) is 11.1. The van der Waals surface area contributed by atoms with Crippen LogP contribution in [0.3, 0.4) is 0 Å². The maximum Gasteiger partial charge on any atom is 0.320 e. The molecule has 0 saturated carbocycles. The number of benzene rings is 1. The smallest absolute Gasteiger partial charge is 0.320 e. The molecular formula is C11H12N2O2. The molecule has 0 bridgehead atoms. The topological polar surface area (TPSA) is 62.1 Å². The molecule has 0 amide bonds. The number of rotatable bonds is 5. The van der Waals surface area contributed by atoms with E-state index in [1.165, 1.54) is 0 Å². The normalized spacial score (nSPS) is 9.27. The van der Waals surface area contributed by atoms with Crippen LogP contribution in [0.5, 0.6) is 0 Å². The molecule has 4 nitrogen and oxygen atoms in total. The molecule has 0 aliphatic carbocycles. The first-order valence-corrected chi connectivity index (χ1v) is 4.60. The van der Waals surface area contributed by atoms with Gasteiger partial charge in [-0.15, -0.1) is 0 Å². The van der Waals surface area contributed by atoms with Gasteiger partial charge in [-0.1, -0.05) is 30.3 Å². The summed E-state index contributed by atoms with van der Waals surface area (Å²) in [5.41, 5.74) is 0.950. The fourth-order valence-corrected chi connectivity index (χ4v) is 1.01. The van der Waals surface area contributed by atoms with Crippen LogP contribution >= 0.6 is 0 Å². The van der Waals surface area contributed by atoms with Crippen LogP contribution in [-0.4, -0.2) is 19.1 Å². The van der Waals surface area contributed by atoms with Crippen LogP contribution in [0.1, 0.15) is 5.56 Å². The fraction of sp³-hybridized carbons (Fsp3) is 0.273. The number of nitrogens with one attached hydrogen (secondary N) is 1. The number of hydrogen-bond acceptors (Lipinski definition) is 4. The first kappa shape index (κ1) is 11.2. The SMILES string of the molecule is N#CCNCC(=O)OCc1ccccc1. The van der Waals surface area contributed by atoms with Crippen molar-refractivity contribution < 1.29 is 9.53 Å². The monoisotopic (exact) mass is 204 g/mol. The number of carbonyl (C=O) groups excluding carboxylic acids is 1. The predicted molar refractivity (Wildman–Crippen MR) is 54.7 cm³/mol. The van der Waals surface area contributed by atoms with Gasteiger partial charge in [-0.3, -0.25) is 10.1 Å². The highest BCUT2D eigenvalue weighted by Gasteiger charge is 2.01. The van der Waals surface area contributed by atoms with E-state index < -0.39 is 0 Å². The van der Waals surface area contributed by atoms with Gasteiger partial charge in [0, 0.05) is 0 Å². The fourth-order valence-electron chi connectivity index (χ4n) is 1.01. The van der Waals surface area contributed by atoms with Gasteiger partial charge in [0.25, 0.3) is 0 Å². The number of nitrogens with zero attached hydrogens (tertiary/aromatic N) is 1. The Bertz CT molecular complexity index is 343. The van der Waals surface area contributed by atoms with Gasteiger partial charge in [0.2, 0.25) is 0 Å². The molecule has 4 heteroatoms. The van der Waals surface area contributed by atoms with Crippen LogP contribution in [-0.2, 0) is 16.1 Å². The molecule has 0 heterocycles. The molecule has 1 N–H and O–H groups in total. The Morgan fingerprint density at radius 1 is 1.40 bits per heavy atom. The van der Waals surface area contributed by atoms with Crippen molar-refractivity contribution in [3.63, 3.8) is 0 Å². The Balaban J connectivity index is 2.20. The minimum Gasteiger partial charge on any atom is -0.460 e. The summed E-state index contributed by atoms with van der Waals surface area (Å²) in [7, 11) is 0. The third kappa shape index (κ3) is 4.79. The largest absolute Gasteiger partial charge is 0.460 e. The summed E-state index contributed by atoms with van der Waals surface area (Å²) in [6.45, 7) is 0.495. The van der Waals surface area contributed by atoms with Gasteiger partial charge >= 0.3 is 5.97 Å². The standard InChI is InChI=1S/C11H12N2O2/c12-6-7-13-8-11(14)15-9-10-4-2-1-3-5-10/h1-5,13H,7-9H2. The van der Waals surface area contributed by atoms with E-state index in [0.717, 1.165) is 5.56 Å². The van der Waals surface area contributed by atoms with Gasteiger partial charge in [-0.05, 0) is 5.56 Å². The van der Waals surface area contributed by atoms with E-state index in [-0.39, 0.29) is 25.7 Å². The van der Waals surface area contributed by atoms with Crippen LogP contribution in [0, 0.1) is 11.3 Å². The number of esters is 1. The van der Waals surface area contributed by atoms with Crippen molar-refractivity contribution in [2.45, 2.75) is 6.61 Å². The average molecular weight is 204 g/mol. The molecule has 1 aromatic carbocycles. The minimum atomic E-state index is -0.353. The lowest BCUT2D eigenvalue weighted by molar-refractivity contribution is -0.143. The molecule has 0 unspecified atom stereocenters. The number of hydrogen-bond donors (Lipinski definition) is 1. The van der Waals surface area contributed by atoms with Gasteiger partial charge in [0.15, 0.2) is 0 Å². The van der Waals surface area contributed by atoms with Crippen molar-refractivity contribution in [2.24, 2.45) is 0 Å². The molecule has 0 spiro atoms. The molecule has 0 fully saturated rings. The van der Waals surface area contributed by atoms with Crippen LogP contribution in [0.4, 0.5) is 0 Å². The van der Waals surface area contributed by atoms with E-state index in [4.69, 9.17) is 10.00 Å². The molecule has 0 aliphatic heterocycles. The Morgan fingerprint density at radius 2 is 2.13 bits per heavy atom. The minimum absolute atomic E-state index is 0.0698. The lowest BCUT2D eigenvalue weighted by atomic mass is 10.2. The second-order valence-electron chi connectivity index (χ2n) is 2.91. The van der Waals surface area contributed by atoms with Crippen LogP contribution in [0.2, 0.25) is 0 Å². The maximum absolute atomic E-state index is 11.1. The third-order valence-electron chi connectivity index (χ3n) is 1.72. The Labute approximate surface area is 88.5 Å². The number of carbonyl (C=O) groups is 1. The summed E-state index contributed by atoms with van der Waals surface area (Å²) >= 11 is 0. The molecule has 0 radical (unpaired) electrons. The van der Waals surface area contributed by atoms with Crippen LogP contribution in [0.25, 0.3) is 0 Å². The van der Waals surface area contributed by atoms with Gasteiger partial charge in [0.1, 0.15) is 6.61 Å². The van der Waals surface area contributed by atoms with Crippen LogP contribution < -0.4 is 5.32 Å². The van der Waals surface area contributed by atoms with Crippen molar-refractivity contribution in [3.05, 3.63) is 35.9 Å². The molecule has 1 aromatic rings. The molecule has 0 saturated heterocycles. The predicted octanol–water partition coefficient (Wildman–Crippen LogP) is 0.843. The first-order valence-electron chi connectivity index (χ1n) is 4.60. The van der Waals surface area contributed by atoms with Gasteiger partial charge < -0.3 is 4.74 Å². The van der Waals surface area contributed by atoms with E-state index in [2.05, 4.69) is 5.32 Å². The molecule has 15 heavy (non-hydrogen) atoms. The van der Waals surface area contributed by atoms with Crippen molar-refractivity contribution in [2.75, 3.05) is 13.1 Å². The van der Waals surface area contributed by atoms with E-state index in [9.17, 15) is 4.79 Å². The Kier molecular flexibility index (Phi) is 4.91. The molecule has 0 aromatic heterocycles. The number of nitriles is 1. The molecule has 78 valence electrons. The van der Waals surface area contributed by atoms with Gasteiger partial charge in [0.05, 0.1) is 19.2 Å². The highest BCUT2D eigenvalue weighted by molar-refractivity contribution is 5.71. The second kappa shape index (κ2) is 6.57. The summed E-state index contributed by atoms with van der Waals surface area (Å²) < 4.78 is 4.96. The Hall–Kier alpha value is -1.86. The first-order chi connectivity index (χ1) is 7.33. The molecule has 0 aliphatic rings. The highest BCUT2D eigenvalue weighted by atomic mass is 16.5. The molecule has 0 atom stereocenters. The molecular weight excluding hydrogens is 192 g/mol. The zero-order chi connectivity index (χ0) is 10.9. The van der Waals surface area contributed by atoms with Crippen molar-refractivity contribution in [3.8, 4) is 6.07 Å². The third-order valence-corrected chi connectivity index (χ3v) is 1.72. The van der Waals surface area contributed by atoms with Gasteiger partial charge in [-0.25, -0.2) is 0 Å². The van der Waals surface area contributed by atoms with E-state index in [1.807, 2.05) is 36.4 Å². The van der Waals surface area contributed by atoms with Crippen LogP contribution in [0.15, 0.2) is 30.3 Å². The number of ether oxygens (including phenoxy) is 1. The van der Waals surface area contributed by atoms with Crippen molar-refractivity contribution in [1.82, 2.24) is 5.32 Å². The summed E-state index contributed by atoms with van der Waals surface area (Å²) in [6.07, 6.45) is 0. The molecule has 1 rings (SSSR count). The van der Waals surface area contributed by atoms with Gasteiger partial charge in [-0.2, -0.15) is 5.26 Å². The van der Waals surface area contributed by atoms with E-state index >= 15 is 0 Å². The van der Waals surface area contributed by atoms with Crippen molar-refractivity contribution in [1.29, 1.82) is 5.26 Å². The summed E-state index contributed by atoms with van der Waals surface area (Å²) in [5.74, 6) is -0.353. The van der Waals surface area contributed by atoms with E-state index in [0.29, 0.717) is 0 Å². The van der Waals surface area contributed by atoms with Crippen molar-refractivity contribution >= 4 is 5.97 Å². The Morgan fingerprint density at radius 3 is 2.80 bits per heavy atom. The summed E-state index contributed by atoms with van der Waals surface area (Å²) in [6, 6.07) is 11.3. The highest BCUT2D eigenvalue weighted by Crippen LogP contribution is 2.00. The van der Waals surface area contributed by atoms with E-state index in [1.54, 1.807) is 0 Å². The second-order valence-corrected chi connectivity index (χ2v) is 2.91. The zero-order valence-corrected chi connectivity index (χ0v) is 8.27.